The van der Waals surface area contributed by atoms with E-state index >= 15 is 0 Å². The van der Waals surface area contributed by atoms with Crippen molar-refractivity contribution in [2.45, 2.75) is 32.6 Å². The van der Waals surface area contributed by atoms with Gasteiger partial charge in [0, 0.05) is 20.8 Å². The molecule has 32 heavy (non-hydrogen) atoms. The number of esters is 2. The smallest absolute Gasteiger partial charge is 0.354 e. The van der Waals surface area contributed by atoms with E-state index < -0.39 is 0 Å². The lowest BCUT2D eigenvalue weighted by atomic mass is 10.1. The summed E-state index contributed by atoms with van der Waals surface area (Å²) in [6.07, 6.45) is 2.51. The first kappa shape index (κ1) is 22.1. The second kappa shape index (κ2) is 9.61. The number of aromatic nitrogens is 2. The maximum absolute atomic E-state index is 11.7. The van der Waals surface area contributed by atoms with Gasteiger partial charge in [-0.25, -0.2) is 9.59 Å². The van der Waals surface area contributed by atoms with Gasteiger partial charge in [-0.05, 0) is 72.3 Å². The highest BCUT2D eigenvalue weighted by molar-refractivity contribution is 9.10. The van der Waals surface area contributed by atoms with Gasteiger partial charge in [-0.3, -0.25) is 0 Å². The van der Waals surface area contributed by atoms with Crippen molar-refractivity contribution in [3.63, 3.8) is 0 Å². The lowest BCUT2D eigenvalue weighted by Crippen LogP contribution is -2.04. The number of hydrogen-bond acceptors (Lipinski definition) is 4. The molecular weight excluding hydrogens is 472 g/mol. The van der Waals surface area contributed by atoms with Crippen molar-refractivity contribution < 1.29 is 19.1 Å². The molecule has 0 atom stereocenters. The molecule has 6 nitrogen and oxygen atoms in total. The van der Waals surface area contributed by atoms with Gasteiger partial charge < -0.3 is 19.4 Å². The predicted molar refractivity (Wildman–Crippen MR) is 128 cm³/mol. The van der Waals surface area contributed by atoms with Crippen molar-refractivity contribution in [1.29, 1.82) is 0 Å². The maximum Gasteiger partial charge on any atom is 0.354 e. The van der Waals surface area contributed by atoms with Crippen LogP contribution in [0.2, 0.25) is 0 Å². The number of fused-ring (bicyclic) bond motifs is 2. The largest absolute Gasteiger partial charge is 0.461 e. The van der Waals surface area contributed by atoms with E-state index in [0.29, 0.717) is 30.5 Å². The van der Waals surface area contributed by atoms with Crippen LogP contribution in [0.1, 0.15) is 59.1 Å². The van der Waals surface area contributed by atoms with Gasteiger partial charge in [0.25, 0.3) is 0 Å². The van der Waals surface area contributed by atoms with Gasteiger partial charge in [0.2, 0.25) is 0 Å². The zero-order chi connectivity index (χ0) is 22.7. The Morgan fingerprint density at radius 2 is 1.41 bits per heavy atom. The number of hydrogen-bond donors (Lipinski definition) is 2. The quantitative estimate of drug-likeness (QED) is 0.316. The fourth-order valence-electron chi connectivity index (χ4n) is 3.67. The minimum absolute atomic E-state index is 0.273. The summed E-state index contributed by atoms with van der Waals surface area (Å²) in [6, 6.07) is 15.7. The third-order valence-corrected chi connectivity index (χ3v) is 5.96. The van der Waals surface area contributed by atoms with E-state index in [9.17, 15) is 9.59 Å². The number of carbonyl (C=O) groups is 2. The summed E-state index contributed by atoms with van der Waals surface area (Å²) in [7, 11) is 0. The van der Waals surface area contributed by atoms with Gasteiger partial charge in [0.15, 0.2) is 0 Å². The maximum atomic E-state index is 11.7. The molecule has 0 amide bonds. The number of ether oxygens (including phenoxy) is 2. The molecule has 2 aromatic heterocycles. The number of benzene rings is 2. The number of halogens is 1. The molecule has 4 aromatic rings. The molecule has 5 rings (SSSR count). The van der Waals surface area contributed by atoms with Crippen LogP contribution in [0.4, 0.5) is 0 Å². The predicted octanol–water partition coefficient (Wildman–Crippen LogP) is 6.33. The van der Waals surface area contributed by atoms with Crippen LogP contribution >= 0.6 is 15.9 Å². The van der Waals surface area contributed by atoms with E-state index in [1.54, 1.807) is 13.0 Å². The molecule has 1 aliphatic carbocycles. The van der Waals surface area contributed by atoms with Crippen LogP contribution in [0.15, 0.2) is 53.0 Å². The second-order valence-electron chi connectivity index (χ2n) is 7.60. The Bertz CT molecular complexity index is 1270. The highest BCUT2D eigenvalue weighted by Crippen LogP contribution is 2.42. The number of nitrogens with one attached hydrogen (secondary N) is 2. The molecule has 1 aliphatic rings. The Balaban J connectivity index is 0.000000155. The Morgan fingerprint density at radius 1 is 0.875 bits per heavy atom. The van der Waals surface area contributed by atoms with E-state index in [1.165, 1.54) is 18.4 Å². The minimum Gasteiger partial charge on any atom is -0.461 e. The standard InChI is InChI=1S/C14H15NO2.C11H10BrNO2/c1-2-17-14(16)12-8-10-4-3-5-11(9-6-7-9)13(10)15-12;1-2-15-11(14)9-6-7-4-3-5-8(12)10(7)13-9/h3-5,8-9,15H,2,6-7H2,1H3;3-6,13H,2H2,1H3. The summed E-state index contributed by atoms with van der Waals surface area (Å²) in [4.78, 5) is 29.3. The number of carbonyl (C=O) groups excluding carboxylic acids is 2. The van der Waals surface area contributed by atoms with E-state index in [-0.39, 0.29) is 11.9 Å². The molecule has 166 valence electrons. The summed E-state index contributed by atoms with van der Waals surface area (Å²) in [5, 5.41) is 2.09. The third-order valence-electron chi connectivity index (χ3n) is 5.30. The monoisotopic (exact) mass is 496 g/mol. The van der Waals surface area contributed by atoms with Gasteiger partial charge in [-0.15, -0.1) is 0 Å². The number of rotatable bonds is 5. The number of H-pyrrole nitrogens is 2. The fourth-order valence-corrected chi connectivity index (χ4v) is 4.15. The van der Waals surface area contributed by atoms with E-state index in [2.05, 4.69) is 38.0 Å². The summed E-state index contributed by atoms with van der Waals surface area (Å²) in [6.45, 7) is 4.39. The summed E-state index contributed by atoms with van der Waals surface area (Å²) in [5.74, 6) is 0.0819. The molecule has 0 bridgehead atoms. The second-order valence-corrected chi connectivity index (χ2v) is 8.45. The lowest BCUT2D eigenvalue weighted by molar-refractivity contribution is 0.0511. The highest BCUT2D eigenvalue weighted by atomic mass is 79.9. The van der Waals surface area contributed by atoms with Crippen molar-refractivity contribution >= 4 is 49.7 Å². The van der Waals surface area contributed by atoms with Gasteiger partial charge in [0.05, 0.1) is 18.7 Å². The zero-order valence-corrected chi connectivity index (χ0v) is 19.6. The molecule has 0 radical (unpaired) electrons. The SMILES string of the molecule is CCOC(=O)c1cc2cccc(Br)c2[nH]1.CCOC(=O)c1cc2cccc(C3CC3)c2[nH]1. The van der Waals surface area contributed by atoms with Crippen molar-refractivity contribution in [2.24, 2.45) is 0 Å². The van der Waals surface area contributed by atoms with Crippen LogP contribution in [0, 0.1) is 0 Å². The van der Waals surface area contributed by atoms with Crippen LogP contribution in [0.5, 0.6) is 0 Å². The van der Waals surface area contributed by atoms with Crippen molar-refractivity contribution in [3.8, 4) is 0 Å². The topological polar surface area (TPSA) is 84.2 Å². The molecule has 0 aliphatic heterocycles. The van der Waals surface area contributed by atoms with Crippen LogP contribution < -0.4 is 0 Å². The Morgan fingerprint density at radius 3 is 1.94 bits per heavy atom. The van der Waals surface area contributed by atoms with Gasteiger partial charge in [0.1, 0.15) is 11.4 Å². The molecule has 1 fully saturated rings. The van der Waals surface area contributed by atoms with Crippen molar-refractivity contribution in [2.75, 3.05) is 13.2 Å². The lowest BCUT2D eigenvalue weighted by Gasteiger charge is -2.00. The van der Waals surface area contributed by atoms with E-state index in [4.69, 9.17) is 9.47 Å². The number of aromatic amines is 2. The highest BCUT2D eigenvalue weighted by Gasteiger charge is 2.26. The molecule has 0 spiro atoms. The molecule has 2 N–H and O–H groups in total. The van der Waals surface area contributed by atoms with Gasteiger partial charge in [-0.2, -0.15) is 0 Å². The Kier molecular flexibility index (Phi) is 6.65. The van der Waals surface area contributed by atoms with Crippen LogP contribution in [0.25, 0.3) is 21.8 Å². The molecule has 1 saturated carbocycles. The molecule has 7 heteroatoms. The first-order chi connectivity index (χ1) is 15.5. The number of para-hydroxylation sites is 2. The normalized spacial score (nSPS) is 13.0. The van der Waals surface area contributed by atoms with Gasteiger partial charge in [-0.1, -0.05) is 30.3 Å². The molecular formula is C25H25BrN2O4. The van der Waals surface area contributed by atoms with Crippen LogP contribution in [-0.4, -0.2) is 35.1 Å². The van der Waals surface area contributed by atoms with Crippen LogP contribution in [0.3, 0.4) is 0 Å². The molecule has 0 unspecified atom stereocenters. The third kappa shape index (κ3) is 4.72. The Hall–Kier alpha value is -3.06. The molecule has 0 saturated heterocycles. The average Bonchev–Trinajstić information content (AvgIpc) is 3.36. The van der Waals surface area contributed by atoms with Crippen LogP contribution in [-0.2, 0) is 9.47 Å². The Labute approximate surface area is 194 Å². The first-order valence-electron chi connectivity index (χ1n) is 10.7. The summed E-state index contributed by atoms with van der Waals surface area (Å²) in [5.41, 5.74) is 4.38. The summed E-state index contributed by atoms with van der Waals surface area (Å²) < 4.78 is 10.9. The minimum atomic E-state index is -0.319. The molecule has 2 aromatic carbocycles. The molecule has 2 heterocycles. The first-order valence-corrected chi connectivity index (χ1v) is 11.5. The summed E-state index contributed by atoms with van der Waals surface area (Å²) >= 11 is 3.41. The van der Waals surface area contributed by atoms with Gasteiger partial charge >= 0.3 is 11.9 Å². The fraction of sp³-hybridized carbons (Fsp3) is 0.280. The van der Waals surface area contributed by atoms with Crippen molar-refractivity contribution in [3.05, 3.63) is 70.0 Å². The van der Waals surface area contributed by atoms with E-state index in [1.807, 2.05) is 37.3 Å². The van der Waals surface area contributed by atoms with E-state index in [0.717, 1.165) is 26.3 Å². The average molecular weight is 497 g/mol. The zero-order valence-electron chi connectivity index (χ0n) is 18.0. The van der Waals surface area contributed by atoms with Crippen molar-refractivity contribution in [1.82, 2.24) is 9.97 Å².